The summed E-state index contributed by atoms with van der Waals surface area (Å²) in [4.78, 5) is 10.9. The molecule has 0 bridgehead atoms. The molecule has 6 heteroatoms. The Bertz CT molecular complexity index is 655. The standard InChI is InChI=1S/C13H11BrN4O/c14-9-5-11-13(17-7-9)12(1-2-16-11)18-3-4-19-10(6-15)8-18/h1-2,5,7,10H,3-4,8H2. The SMILES string of the molecule is N#CC1CN(c2ccnc3cc(Br)cnc23)CCO1. The van der Waals surface area contributed by atoms with E-state index in [9.17, 15) is 0 Å². The maximum absolute atomic E-state index is 8.97. The van der Waals surface area contributed by atoms with Crippen molar-refractivity contribution in [3.63, 3.8) is 0 Å². The van der Waals surface area contributed by atoms with E-state index >= 15 is 0 Å². The van der Waals surface area contributed by atoms with E-state index in [4.69, 9.17) is 10.00 Å². The van der Waals surface area contributed by atoms with Gasteiger partial charge in [0.1, 0.15) is 5.52 Å². The number of rotatable bonds is 1. The zero-order valence-electron chi connectivity index (χ0n) is 10.1. The van der Waals surface area contributed by atoms with Crippen LogP contribution < -0.4 is 4.90 Å². The molecule has 1 saturated heterocycles. The Morgan fingerprint density at radius 3 is 3.21 bits per heavy atom. The zero-order valence-corrected chi connectivity index (χ0v) is 11.7. The van der Waals surface area contributed by atoms with Crippen LogP contribution in [0, 0.1) is 11.3 Å². The molecule has 0 spiro atoms. The van der Waals surface area contributed by atoms with Crippen LogP contribution in [0.1, 0.15) is 0 Å². The van der Waals surface area contributed by atoms with E-state index in [1.807, 2.05) is 12.1 Å². The van der Waals surface area contributed by atoms with Crippen molar-refractivity contribution >= 4 is 32.7 Å². The molecule has 0 amide bonds. The number of halogens is 1. The number of nitrogens with zero attached hydrogens (tertiary/aromatic N) is 4. The molecule has 0 aliphatic carbocycles. The van der Waals surface area contributed by atoms with Crippen LogP contribution in [0.4, 0.5) is 5.69 Å². The van der Waals surface area contributed by atoms with Crippen LogP contribution in [-0.2, 0) is 4.74 Å². The minimum Gasteiger partial charge on any atom is -0.364 e. The van der Waals surface area contributed by atoms with Gasteiger partial charge < -0.3 is 9.64 Å². The average molecular weight is 319 g/mol. The summed E-state index contributed by atoms with van der Waals surface area (Å²) in [5, 5.41) is 8.97. The summed E-state index contributed by atoms with van der Waals surface area (Å²) in [5.41, 5.74) is 2.69. The second kappa shape index (κ2) is 5.11. The minimum absolute atomic E-state index is 0.382. The van der Waals surface area contributed by atoms with Crippen LogP contribution in [0.15, 0.2) is 29.0 Å². The van der Waals surface area contributed by atoms with Gasteiger partial charge in [0.2, 0.25) is 0 Å². The second-order valence-corrected chi connectivity index (χ2v) is 5.20. The fourth-order valence-electron chi connectivity index (χ4n) is 2.19. The summed E-state index contributed by atoms with van der Waals surface area (Å²) < 4.78 is 6.27. The maximum atomic E-state index is 8.97. The van der Waals surface area contributed by atoms with Gasteiger partial charge in [-0.3, -0.25) is 9.97 Å². The predicted octanol–water partition coefficient (Wildman–Crippen LogP) is 2.12. The van der Waals surface area contributed by atoms with Crippen molar-refractivity contribution in [1.29, 1.82) is 5.26 Å². The van der Waals surface area contributed by atoms with E-state index in [1.165, 1.54) is 0 Å². The summed E-state index contributed by atoms with van der Waals surface area (Å²) >= 11 is 3.39. The van der Waals surface area contributed by atoms with Gasteiger partial charge in [0, 0.05) is 23.4 Å². The molecular formula is C13H11BrN4O. The van der Waals surface area contributed by atoms with E-state index in [2.05, 4.69) is 36.9 Å². The van der Waals surface area contributed by atoms with E-state index in [1.54, 1.807) is 12.4 Å². The maximum Gasteiger partial charge on any atom is 0.161 e. The highest BCUT2D eigenvalue weighted by molar-refractivity contribution is 9.10. The van der Waals surface area contributed by atoms with Crippen LogP contribution in [0.3, 0.4) is 0 Å². The van der Waals surface area contributed by atoms with Crippen molar-refractivity contribution in [3.05, 3.63) is 29.0 Å². The Morgan fingerprint density at radius 2 is 2.37 bits per heavy atom. The minimum atomic E-state index is -0.382. The number of hydrogen-bond donors (Lipinski definition) is 0. The fourth-order valence-corrected chi connectivity index (χ4v) is 2.51. The number of pyridine rings is 2. The molecular weight excluding hydrogens is 308 g/mol. The second-order valence-electron chi connectivity index (χ2n) is 4.29. The molecule has 1 aliphatic heterocycles. The number of fused-ring (bicyclic) bond motifs is 1. The predicted molar refractivity (Wildman–Crippen MR) is 74.8 cm³/mol. The molecule has 1 atom stereocenters. The van der Waals surface area contributed by atoms with Gasteiger partial charge >= 0.3 is 0 Å². The smallest absolute Gasteiger partial charge is 0.161 e. The molecule has 1 unspecified atom stereocenters. The Morgan fingerprint density at radius 1 is 1.47 bits per heavy atom. The van der Waals surface area contributed by atoms with Crippen LogP contribution in [0.2, 0.25) is 0 Å². The Balaban J connectivity index is 2.03. The zero-order chi connectivity index (χ0) is 13.2. The van der Waals surface area contributed by atoms with Crippen LogP contribution in [-0.4, -0.2) is 35.8 Å². The van der Waals surface area contributed by atoms with Crippen molar-refractivity contribution < 1.29 is 4.74 Å². The normalized spacial score (nSPS) is 19.4. The summed E-state index contributed by atoms with van der Waals surface area (Å²) in [6.45, 7) is 1.88. The van der Waals surface area contributed by atoms with Crippen molar-refractivity contribution in [1.82, 2.24) is 9.97 Å². The van der Waals surface area contributed by atoms with Gasteiger partial charge in [-0.15, -0.1) is 0 Å². The number of aromatic nitrogens is 2. The van der Waals surface area contributed by atoms with Gasteiger partial charge in [-0.2, -0.15) is 5.26 Å². The highest BCUT2D eigenvalue weighted by Crippen LogP contribution is 2.26. The van der Waals surface area contributed by atoms with Gasteiger partial charge in [-0.1, -0.05) is 0 Å². The largest absolute Gasteiger partial charge is 0.364 e. The quantitative estimate of drug-likeness (QED) is 0.806. The monoisotopic (exact) mass is 318 g/mol. The van der Waals surface area contributed by atoms with E-state index in [0.717, 1.165) is 27.7 Å². The Labute approximate surface area is 119 Å². The molecule has 3 rings (SSSR count). The average Bonchev–Trinajstić information content (AvgIpc) is 2.46. The third-order valence-electron chi connectivity index (χ3n) is 3.07. The molecule has 1 fully saturated rings. The molecule has 2 aromatic rings. The third kappa shape index (κ3) is 2.39. The molecule has 0 aromatic carbocycles. The molecule has 0 radical (unpaired) electrons. The molecule has 19 heavy (non-hydrogen) atoms. The molecule has 96 valence electrons. The number of ether oxygens (including phenoxy) is 1. The van der Waals surface area contributed by atoms with Crippen LogP contribution in [0.25, 0.3) is 11.0 Å². The lowest BCUT2D eigenvalue weighted by Crippen LogP contribution is -2.42. The molecule has 5 nitrogen and oxygen atoms in total. The number of morpholine rings is 1. The Kier molecular flexibility index (Phi) is 3.32. The van der Waals surface area contributed by atoms with Gasteiger partial charge in [0.15, 0.2) is 6.10 Å². The van der Waals surface area contributed by atoms with Crippen molar-refractivity contribution in [2.75, 3.05) is 24.6 Å². The number of nitriles is 1. The first-order valence-electron chi connectivity index (χ1n) is 5.94. The first kappa shape index (κ1) is 12.3. The van der Waals surface area contributed by atoms with Crippen LogP contribution in [0.5, 0.6) is 0 Å². The molecule has 0 N–H and O–H groups in total. The summed E-state index contributed by atoms with van der Waals surface area (Å²) in [5.74, 6) is 0. The van der Waals surface area contributed by atoms with E-state index < -0.39 is 0 Å². The van der Waals surface area contributed by atoms with Gasteiger partial charge in [0.05, 0.1) is 30.4 Å². The van der Waals surface area contributed by atoms with Crippen molar-refractivity contribution in [3.8, 4) is 6.07 Å². The number of anilines is 1. The van der Waals surface area contributed by atoms with Crippen molar-refractivity contribution in [2.24, 2.45) is 0 Å². The molecule has 3 heterocycles. The Hall–Kier alpha value is -1.71. The lowest BCUT2D eigenvalue weighted by Gasteiger charge is -2.31. The lowest BCUT2D eigenvalue weighted by atomic mass is 10.2. The summed E-state index contributed by atoms with van der Waals surface area (Å²) in [6, 6.07) is 6.03. The summed E-state index contributed by atoms with van der Waals surface area (Å²) in [7, 11) is 0. The van der Waals surface area contributed by atoms with Gasteiger partial charge in [-0.25, -0.2) is 0 Å². The number of hydrogen-bond acceptors (Lipinski definition) is 5. The fraction of sp³-hybridized carbons (Fsp3) is 0.308. The van der Waals surface area contributed by atoms with E-state index in [0.29, 0.717) is 13.2 Å². The first-order chi connectivity index (χ1) is 9.28. The highest BCUT2D eigenvalue weighted by atomic mass is 79.9. The lowest BCUT2D eigenvalue weighted by molar-refractivity contribution is 0.0765. The topological polar surface area (TPSA) is 62.0 Å². The van der Waals surface area contributed by atoms with Crippen molar-refractivity contribution in [2.45, 2.75) is 6.10 Å². The molecule has 1 aliphatic rings. The summed E-state index contributed by atoms with van der Waals surface area (Å²) in [6.07, 6.45) is 3.14. The first-order valence-corrected chi connectivity index (χ1v) is 6.73. The van der Waals surface area contributed by atoms with Gasteiger partial charge in [-0.05, 0) is 28.1 Å². The van der Waals surface area contributed by atoms with E-state index in [-0.39, 0.29) is 6.10 Å². The third-order valence-corrected chi connectivity index (χ3v) is 3.51. The highest BCUT2D eigenvalue weighted by Gasteiger charge is 2.22. The van der Waals surface area contributed by atoms with Crippen LogP contribution >= 0.6 is 15.9 Å². The molecule has 0 saturated carbocycles. The molecule has 2 aromatic heterocycles. The van der Waals surface area contributed by atoms with Gasteiger partial charge in [0.25, 0.3) is 0 Å².